The second-order valence-electron chi connectivity index (χ2n) is 55.5. The molecule has 1 saturated heterocycles. The van der Waals surface area contributed by atoms with Crippen molar-refractivity contribution in [2.45, 2.75) is 330 Å². The molecule has 145 heavy (non-hydrogen) atoms. The van der Waals surface area contributed by atoms with E-state index in [1.807, 2.05) is 0 Å². The summed E-state index contributed by atoms with van der Waals surface area (Å²) in [5.74, 6) is 1.67. The zero-order valence-corrected chi connectivity index (χ0v) is 93.7. The number of fused-ring (bicyclic) bond motifs is 9. The van der Waals surface area contributed by atoms with Crippen molar-refractivity contribution in [3.8, 4) is 0 Å². The SMILES string of the molecule is CC1=CC2=C3B(C4=C(CCC(C5NC(c6ccc7c(c6)B6c8cc(C(C)(C)C)ccc8N(C8=CCC(C(C)(C)C)C=C8)c8cc(C)cc(c86)N7c6ccc(C(C)(C)C)cc6)N(C)C(c6ccc7c(c6)B6C8=C(CCC(C(C)(C)C)=C8)N(c8ccc(C(C)(C)C)cc8)C8=CC(C)CC(=C68)N7c6ccc(C(C)(C)C)cc6)[NH2+]5)=C4)N2C2=CCC(C(C)(C)C)CC2)C2=C(C=CC(C(C)(C)C)C2)N(c2ccc(C(C)(C)C)cc2)C3C1. The van der Waals surface area contributed by atoms with Crippen LogP contribution in [0.4, 0.5) is 51.2 Å². The Morgan fingerprint density at radius 3 is 1.50 bits per heavy atom. The van der Waals surface area contributed by atoms with E-state index in [0.717, 1.165) is 64.2 Å². The number of allylic oxidation sites excluding steroid dienone is 19. The Bertz CT molecular complexity index is 7070. The predicted molar refractivity (Wildman–Crippen MR) is 620 cm³/mol. The minimum absolute atomic E-state index is 0.00754. The predicted octanol–water partition coefficient (Wildman–Crippen LogP) is 30.0. The number of aryl methyl sites for hydroxylation is 1. The van der Waals surface area contributed by atoms with Crippen molar-refractivity contribution in [1.29, 1.82) is 0 Å². The maximum Gasteiger partial charge on any atom is 0.252 e. The van der Waals surface area contributed by atoms with Gasteiger partial charge in [-0.15, -0.1) is 0 Å². The summed E-state index contributed by atoms with van der Waals surface area (Å²) in [5, 5.41) is 7.59. The molecule has 8 aromatic rings. The van der Waals surface area contributed by atoms with Crippen molar-refractivity contribution in [1.82, 2.24) is 15.1 Å². The summed E-state index contributed by atoms with van der Waals surface area (Å²) in [6, 6.07) is 67.5. The largest absolute Gasteiger partial charge is 0.335 e. The topological polar surface area (TPSA) is 51.3 Å². The highest BCUT2D eigenvalue weighted by Gasteiger charge is 2.56. The summed E-state index contributed by atoms with van der Waals surface area (Å²) in [5.41, 5.74) is 50.9. The molecule has 0 bridgehead atoms. The van der Waals surface area contributed by atoms with E-state index < -0.39 is 0 Å². The normalized spacial score (nSPS) is 23.5. The van der Waals surface area contributed by atoms with E-state index in [1.54, 1.807) is 10.9 Å². The van der Waals surface area contributed by atoms with E-state index in [4.69, 9.17) is 5.32 Å². The molecule has 0 spiro atoms. The number of nitrogens with one attached hydrogen (secondary N) is 1. The van der Waals surface area contributed by atoms with Gasteiger partial charge >= 0.3 is 0 Å². The molecule has 7 heterocycles. The molecule has 3 N–H and O–H groups in total. The number of nitrogens with zero attached hydrogens (tertiary/aromatic N) is 7. The maximum absolute atomic E-state index is 4.78. The van der Waals surface area contributed by atoms with Crippen LogP contribution >= 0.6 is 0 Å². The van der Waals surface area contributed by atoms with Gasteiger partial charge in [-0.05, 0) is 350 Å². The Balaban J connectivity index is 0.779. The van der Waals surface area contributed by atoms with Crippen molar-refractivity contribution in [2.24, 2.45) is 45.3 Å². The third kappa shape index (κ3) is 17.2. The number of benzene rings is 8. The highest BCUT2D eigenvalue weighted by molar-refractivity contribution is 7.00. The van der Waals surface area contributed by atoms with Gasteiger partial charge in [0, 0.05) is 108 Å². The highest BCUT2D eigenvalue weighted by Crippen LogP contribution is 2.59. The van der Waals surface area contributed by atoms with Gasteiger partial charge in [0.1, 0.15) is 0 Å². The van der Waals surface area contributed by atoms with Gasteiger partial charge in [0.25, 0.3) is 13.4 Å². The van der Waals surface area contributed by atoms with Gasteiger partial charge in [-0.3, -0.25) is 0 Å². The molecule has 8 unspecified atom stereocenters. The summed E-state index contributed by atoms with van der Waals surface area (Å²) in [6.45, 7) is 72.2. The smallest absolute Gasteiger partial charge is 0.252 e. The lowest BCUT2D eigenvalue weighted by Crippen LogP contribution is -2.99. The van der Waals surface area contributed by atoms with Gasteiger partial charge in [-0.25, -0.2) is 10.2 Å². The van der Waals surface area contributed by atoms with Gasteiger partial charge in [-0.2, -0.15) is 0 Å². The second-order valence-corrected chi connectivity index (χ2v) is 55.5. The fraction of sp³-hybridized carbons (Fsp3) is 0.444. The Morgan fingerprint density at radius 1 is 0.407 bits per heavy atom. The summed E-state index contributed by atoms with van der Waals surface area (Å²) >= 11 is 0. The van der Waals surface area contributed by atoms with Crippen LogP contribution in [0.25, 0.3) is 0 Å². The molecular weight excluding hydrogens is 1760 g/mol. The Labute approximate surface area is 873 Å². The van der Waals surface area contributed by atoms with Crippen LogP contribution in [-0.4, -0.2) is 49.2 Å². The van der Waals surface area contributed by atoms with E-state index in [-0.39, 0.29) is 99.3 Å². The highest BCUT2D eigenvalue weighted by atomic mass is 15.4. The molecule has 22 rings (SSSR count). The number of nitrogens with two attached hydrogens (primary N) is 1. The minimum Gasteiger partial charge on any atom is -0.335 e. The zero-order valence-electron chi connectivity index (χ0n) is 93.7. The van der Waals surface area contributed by atoms with Gasteiger partial charge < -0.3 is 34.7 Å². The molecule has 748 valence electrons. The second kappa shape index (κ2) is 34.9. The monoisotopic (exact) mass is 1920 g/mol. The van der Waals surface area contributed by atoms with Crippen LogP contribution in [0.5, 0.6) is 0 Å². The average Bonchev–Trinajstić information content (AvgIpc) is 0.698. The Kier molecular flexibility index (Phi) is 23.8. The number of rotatable bonds is 9. The maximum atomic E-state index is 4.78. The van der Waals surface area contributed by atoms with Gasteiger partial charge in [0.05, 0.1) is 12.2 Å². The lowest BCUT2D eigenvalue weighted by Gasteiger charge is -2.54. The Morgan fingerprint density at radius 2 is 0.924 bits per heavy atom. The number of hydrogen-bond acceptors (Lipinski definition) is 8. The van der Waals surface area contributed by atoms with Crippen LogP contribution in [0.1, 0.15) is 328 Å². The first-order chi connectivity index (χ1) is 68.2. The molecule has 12 heteroatoms. The summed E-state index contributed by atoms with van der Waals surface area (Å²) in [4.78, 5) is 19.4. The summed E-state index contributed by atoms with van der Waals surface area (Å²) < 4.78 is 0. The third-order valence-corrected chi connectivity index (χ3v) is 36.1. The van der Waals surface area contributed by atoms with Crippen LogP contribution in [0.2, 0.25) is 0 Å². The van der Waals surface area contributed by atoms with E-state index >= 15 is 0 Å². The van der Waals surface area contributed by atoms with E-state index in [0.29, 0.717) is 17.8 Å². The summed E-state index contributed by atoms with van der Waals surface area (Å²) in [6.07, 6.45) is 36.9. The van der Waals surface area contributed by atoms with Gasteiger partial charge in [0.15, 0.2) is 12.3 Å². The van der Waals surface area contributed by atoms with Crippen LogP contribution in [-0.2, 0) is 27.1 Å². The molecule has 0 amide bonds. The van der Waals surface area contributed by atoms with Crippen LogP contribution in [0.15, 0.2) is 314 Å². The molecule has 1 fully saturated rings. The van der Waals surface area contributed by atoms with Crippen LogP contribution in [0.3, 0.4) is 0 Å². The van der Waals surface area contributed by atoms with E-state index in [2.05, 4.69) is 479 Å². The lowest BCUT2D eigenvalue weighted by molar-refractivity contribution is -0.758. The fourth-order valence-electron chi connectivity index (χ4n) is 27.4. The first-order valence-electron chi connectivity index (χ1n) is 55.6. The quantitative estimate of drug-likeness (QED) is 0.139. The van der Waals surface area contributed by atoms with Crippen molar-refractivity contribution in [2.75, 3.05) is 31.5 Å². The first kappa shape index (κ1) is 98.9. The van der Waals surface area contributed by atoms with Crippen molar-refractivity contribution in [3.63, 3.8) is 0 Å². The molecule has 8 atom stereocenters. The fourth-order valence-corrected chi connectivity index (χ4v) is 27.4. The molecule has 14 aliphatic rings. The van der Waals surface area contributed by atoms with Gasteiger partial charge in [0.2, 0.25) is 6.71 Å². The number of anilines is 9. The molecule has 7 aliphatic heterocycles. The Hall–Kier alpha value is -10.7. The van der Waals surface area contributed by atoms with Crippen LogP contribution < -0.4 is 57.0 Å². The number of quaternary nitrogens is 1. The van der Waals surface area contributed by atoms with Crippen molar-refractivity contribution in [3.05, 3.63) is 359 Å². The molecule has 9 nitrogen and oxygen atoms in total. The zero-order chi connectivity index (χ0) is 103. The standard InChI is InChI=1S/C133H162B3N9/c1-80-68-113-119-116(71-80)143(98-56-41-89(42-57-98)128(13,14)15)110-65-47-92(131(22,23)24)77-104(110)134(119)101-74-83(32-62-107(101)140(113)95-50-35-86(36-51-95)125(4,5)6)122-137-123(84-33-63-108-102(75-84)135-105-78-93(132(25,26)27)48-66-111(105)144(99-58-43-90(44-59-99)129(16,17)18)117-72-81(2)69-114(120(117)135)141(108)96-52-37-87(38-53-96)126(7,8)9)139(31)124(138-122)85-34-64-109-103(76-85)136-106-79-94(133(28,29)30)49-67-112(106)145(100-60-45-91(46-61-100)130(19,20)21)118-73-82(3)70-115(121(118)136)142(109)97-54-39-88(40-55-97)127(10,11)12/h33-34,37-45,47,49-50,52-61,63-65,67-68,70,72-76,78-79,81,86,91-92,116,122-124,137-138H,32,35-36,46,48,51,62,66,69,71,77H2,1-31H3/p+1. The van der Waals surface area contributed by atoms with E-state index in [1.165, 1.54) is 203 Å². The molecular formula is C133H163B3N9+. The van der Waals surface area contributed by atoms with Crippen molar-refractivity contribution >= 4 is 93.2 Å². The van der Waals surface area contributed by atoms with Crippen molar-refractivity contribution < 1.29 is 5.32 Å². The van der Waals surface area contributed by atoms with E-state index in [9.17, 15) is 0 Å². The lowest BCUT2D eigenvalue weighted by atomic mass is 9.28. The molecule has 0 saturated carbocycles. The third-order valence-electron chi connectivity index (χ3n) is 36.1. The average molecular weight is 1920 g/mol. The molecule has 0 aromatic heterocycles. The molecule has 0 radical (unpaired) electrons. The van der Waals surface area contributed by atoms with Gasteiger partial charge in [-0.1, -0.05) is 332 Å². The minimum atomic E-state index is -0.265. The van der Waals surface area contributed by atoms with Crippen LogP contribution in [0, 0.1) is 52.3 Å². The first-order valence-corrected chi connectivity index (χ1v) is 55.6. The number of hydrogen-bond donors (Lipinski definition) is 2. The molecule has 7 aliphatic carbocycles. The summed E-state index contributed by atoms with van der Waals surface area (Å²) in [7, 11) is 2.48. The molecule has 8 aromatic carbocycles.